The van der Waals surface area contributed by atoms with Crippen LogP contribution >= 0.6 is 0 Å². The second-order valence-corrected chi connectivity index (χ2v) is 5.71. The van der Waals surface area contributed by atoms with Gasteiger partial charge < -0.3 is 0 Å². The van der Waals surface area contributed by atoms with Gasteiger partial charge in [0.2, 0.25) is 0 Å². The molecule has 0 atom stereocenters. The van der Waals surface area contributed by atoms with Crippen molar-refractivity contribution < 1.29 is 0 Å². The lowest BCUT2D eigenvalue weighted by Gasteiger charge is -2.02. The summed E-state index contributed by atoms with van der Waals surface area (Å²) in [7, 11) is 0. The summed E-state index contributed by atoms with van der Waals surface area (Å²) in [5.41, 5.74) is 6.89. The molecule has 2 aliphatic carbocycles. The molecule has 0 spiro atoms. The Bertz CT molecular complexity index is 665. The van der Waals surface area contributed by atoms with Crippen LogP contribution in [0.5, 0.6) is 0 Å². The highest BCUT2D eigenvalue weighted by molar-refractivity contribution is 5.71. The number of fused-ring (bicyclic) bond motifs is 1. The Morgan fingerprint density at radius 1 is 0.750 bits per heavy atom. The third-order valence-electron chi connectivity index (χ3n) is 3.92. The van der Waals surface area contributed by atoms with Crippen LogP contribution in [0.1, 0.15) is 36.5 Å². The highest BCUT2D eigenvalue weighted by atomic mass is 14.1. The van der Waals surface area contributed by atoms with Crippen molar-refractivity contribution in [3.8, 4) is 11.1 Å². The van der Waals surface area contributed by atoms with Gasteiger partial charge in [0.25, 0.3) is 0 Å². The van der Waals surface area contributed by atoms with E-state index in [0.29, 0.717) is 5.92 Å². The predicted octanol–water partition coefficient (Wildman–Crippen LogP) is 5.51. The Morgan fingerprint density at radius 2 is 1.45 bits per heavy atom. The van der Waals surface area contributed by atoms with Gasteiger partial charge in [-0.25, -0.2) is 0 Å². The highest BCUT2D eigenvalue weighted by Gasteiger charge is 2.09. The second kappa shape index (κ2) is 5.50. The maximum absolute atomic E-state index is 2.28. The Hall–Kier alpha value is -2.08. The van der Waals surface area contributed by atoms with Crippen molar-refractivity contribution in [3.63, 3.8) is 0 Å². The first-order chi connectivity index (χ1) is 9.74. The molecule has 1 aromatic rings. The second-order valence-electron chi connectivity index (χ2n) is 5.71. The Balaban J connectivity index is 1.98. The molecule has 100 valence electrons. The molecule has 0 nitrogen and oxygen atoms in total. The van der Waals surface area contributed by atoms with Crippen LogP contribution in [0.15, 0.2) is 66.7 Å². The van der Waals surface area contributed by atoms with Crippen molar-refractivity contribution in [1.82, 2.24) is 0 Å². The zero-order chi connectivity index (χ0) is 13.9. The minimum Gasteiger partial charge on any atom is -0.0622 e. The zero-order valence-corrected chi connectivity index (χ0v) is 12.1. The maximum atomic E-state index is 2.28. The predicted molar refractivity (Wildman–Crippen MR) is 86.4 cm³/mol. The van der Waals surface area contributed by atoms with Crippen LogP contribution in [-0.4, -0.2) is 0 Å². The molecule has 2 aliphatic rings. The normalized spacial score (nSPS) is 11.2. The maximum Gasteiger partial charge on any atom is -0.00196 e. The molecule has 0 fully saturated rings. The van der Waals surface area contributed by atoms with Gasteiger partial charge in [-0.1, -0.05) is 80.6 Å². The summed E-state index contributed by atoms with van der Waals surface area (Å²) in [4.78, 5) is 0. The van der Waals surface area contributed by atoms with Crippen LogP contribution in [0.25, 0.3) is 11.1 Å². The Labute approximate surface area is 121 Å². The molecule has 0 unspecified atom stereocenters. The molecule has 20 heavy (non-hydrogen) atoms. The van der Waals surface area contributed by atoms with Gasteiger partial charge in [0, 0.05) is 0 Å². The van der Waals surface area contributed by atoms with Crippen molar-refractivity contribution in [2.45, 2.75) is 26.2 Å². The van der Waals surface area contributed by atoms with E-state index in [0.717, 1.165) is 6.42 Å². The molecule has 0 heteroatoms. The first-order valence-electron chi connectivity index (χ1n) is 7.29. The summed E-state index contributed by atoms with van der Waals surface area (Å²) < 4.78 is 0. The van der Waals surface area contributed by atoms with Gasteiger partial charge in [0.1, 0.15) is 0 Å². The van der Waals surface area contributed by atoms with E-state index in [9.17, 15) is 0 Å². The number of rotatable bonds is 3. The lowest BCUT2D eigenvalue weighted by molar-refractivity contribution is 0.868. The summed E-state index contributed by atoms with van der Waals surface area (Å²) in [5.74, 6) is 0.573. The van der Waals surface area contributed by atoms with Gasteiger partial charge in [0.05, 0.1) is 0 Å². The summed E-state index contributed by atoms with van der Waals surface area (Å²) in [5, 5.41) is 0. The van der Waals surface area contributed by atoms with Crippen molar-refractivity contribution in [1.29, 1.82) is 0 Å². The van der Waals surface area contributed by atoms with Gasteiger partial charge in [0.15, 0.2) is 0 Å². The van der Waals surface area contributed by atoms with Gasteiger partial charge in [-0.2, -0.15) is 0 Å². The van der Waals surface area contributed by atoms with Gasteiger partial charge >= 0.3 is 0 Å². The van der Waals surface area contributed by atoms with E-state index in [4.69, 9.17) is 0 Å². The molecule has 0 aromatic heterocycles. The van der Waals surface area contributed by atoms with Crippen LogP contribution in [0.2, 0.25) is 0 Å². The van der Waals surface area contributed by atoms with Gasteiger partial charge in [-0.05, 0) is 40.2 Å². The first kappa shape index (κ1) is 12.9. The third-order valence-corrected chi connectivity index (χ3v) is 3.92. The topological polar surface area (TPSA) is 0 Å². The van der Waals surface area contributed by atoms with Crippen molar-refractivity contribution in [3.05, 3.63) is 83.4 Å². The summed E-state index contributed by atoms with van der Waals surface area (Å²) in [6, 6.07) is 24.2. The highest BCUT2D eigenvalue weighted by Crippen LogP contribution is 2.30. The van der Waals surface area contributed by atoms with Crippen LogP contribution in [-0.2, 0) is 6.42 Å². The van der Waals surface area contributed by atoms with Crippen LogP contribution in [0.3, 0.4) is 0 Å². The smallest absolute Gasteiger partial charge is 0.00196 e. The fourth-order valence-electron chi connectivity index (χ4n) is 2.68. The van der Waals surface area contributed by atoms with Crippen molar-refractivity contribution >= 4 is 0 Å². The SMILES string of the molecule is CC(C)c1ccc2ccc(Cc3ccccc3)c-2cc1. The fourth-order valence-corrected chi connectivity index (χ4v) is 2.68. The first-order valence-corrected chi connectivity index (χ1v) is 7.29. The van der Waals surface area contributed by atoms with E-state index in [1.54, 1.807) is 0 Å². The van der Waals surface area contributed by atoms with Crippen LogP contribution in [0.4, 0.5) is 0 Å². The minimum absolute atomic E-state index is 0.573. The van der Waals surface area contributed by atoms with Crippen LogP contribution in [0, 0.1) is 0 Å². The van der Waals surface area contributed by atoms with E-state index in [1.165, 1.54) is 27.8 Å². The largest absolute Gasteiger partial charge is 0.0622 e. The molecule has 0 amide bonds. The molecular formula is C20H20. The third kappa shape index (κ3) is 2.60. The lowest BCUT2D eigenvalue weighted by Crippen LogP contribution is -1.86. The summed E-state index contributed by atoms with van der Waals surface area (Å²) >= 11 is 0. The number of benzene rings is 1. The van der Waals surface area contributed by atoms with Gasteiger partial charge in [-0.3, -0.25) is 0 Å². The minimum atomic E-state index is 0.573. The lowest BCUT2D eigenvalue weighted by atomic mass is 10.0. The molecule has 0 saturated heterocycles. The average molecular weight is 260 g/mol. The monoisotopic (exact) mass is 260 g/mol. The Morgan fingerprint density at radius 3 is 2.20 bits per heavy atom. The molecule has 1 aromatic carbocycles. The summed E-state index contributed by atoms with van der Waals surface area (Å²) in [6.45, 7) is 4.48. The number of hydrogen-bond donors (Lipinski definition) is 0. The molecule has 0 N–H and O–H groups in total. The molecule has 0 bridgehead atoms. The Kier molecular flexibility index (Phi) is 3.56. The standard InChI is InChI=1S/C20H20/c1-15(2)17-8-9-18-10-11-19(20(18)13-12-17)14-16-6-4-3-5-7-16/h3-13,15H,14H2,1-2H3. The molecule has 0 aliphatic heterocycles. The molecule has 3 rings (SSSR count). The molecule has 0 heterocycles. The van der Waals surface area contributed by atoms with E-state index >= 15 is 0 Å². The number of hydrogen-bond acceptors (Lipinski definition) is 0. The average Bonchev–Trinajstić information content (AvgIpc) is 2.70. The quantitative estimate of drug-likeness (QED) is 0.583. The zero-order valence-electron chi connectivity index (χ0n) is 12.1. The molecule has 0 radical (unpaired) electrons. The summed E-state index contributed by atoms with van der Waals surface area (Å²) in [6.07, 6.45) is 1.01. The van der Waals surface area contributed by atoms with Gasteiger partial charge in [-0.15, -0.1) is 0 Å². The molecular weight excluding hydrogens is 240 g/mol. The fraction of sp³-hybridized carbons (Fsp3) is 0.200. The van der Waals surface area contributed by atoms with Crippen molar-refractivity contribution in [2.75, 3.05) is 0 Å². The molecule has 0 saturated carbocycles. The van der Waals surface area contributed by atoms with E-state index in [1.807, 2.05) is 0 Å². The van der Waals surface area contributed by atoms with Crippen molar-refractivity contribution in [2.24, 2.45) is 0 Å². The van der Waals surface area contributed by atoms with E-state index in [-0.39, 0.29) is 0 Å². The van der Waals surface area contributed by atoms with E-state index < -0.39 is 0 Å². The van der Waals surface area contributed by atoms with E-state index in [2.05, 4.69) is 80.6 Å². The van der Waals surface area contributed by atoms with Crippen LogP contribution < -0.4 is 0 Å².